The zero-order chi connectivity index (χ0) is 11.8. The summed E-state index contributed by atoms with van der Waals surface area (Å²) in [4.78, 5) is 0. The van der Waals surface area contributed by atoms with Crippen molar-refractivity contribution in [3.05, 3.63) is 0 Å². The maximum absolute atomic E-state index is 12.3. The molecule has 0 bridgehead atoms. The quantitative estimate of drug-likeness (QED) is 0.785. The first-order chi connectivity index (χ1) is 7.51. The van der Waals surface area contributed by atoms with Crippen molar-refractivity contribution in [2.45, 2.75) is 56.9 Å². The Morgan fingerprint density at radius 1 is 1.38 bits per heavy atom. The third kappa shape index (κ3) is 2.57. The molecule has 0 aromatic carbocycles. The van der Waals surface area contributed by atoms with Crippen molar-refractivity contribution >= 4 is 10.0 Å². The van der Waals surface area contributed by atoms with E-state index in [4.69, 9.17) is 0 Å². The average molecular weight is 246 g/mol. The summed E-state index contributed by atoms with van der Waals surface area (Å²) in [7, 11) is -3.08. The molecule has 2 rings (SSSR count). The smallest absolute Gasteiger partial charge is 0.218 e. The van der Waals surface area contributed by atoms with E-state index in [9.17, 15) is 8.42 Å². The molecule has 2 unspecified atom stereocenters. The molecule has 2 atom stereocenters. The molecule has 1 heterocycles. The van der Waals surface area contributed by atoms with Crippen LogP contribution in [0, 0.1) is 0 Å². The van der Waals surface area contributed by atoms with Crippen LogP contribution >= 0.6 is 0 Å². The maximum atomic E-state index is 12.3. The highest BCUT2D eigenvalue weighted by Gasteiger charge is 2.35. The van der Waals surface area contributed by atoms with Crippen LogP contribution < -0.4 is 5.32 Å². The fraction of sp³-hybridized carbons (Fsp3) is 1.00. The number of nitrogens with one attached hydrogen (secondary N) is 1. The second-order valence-electron chi connectivity index (χ2n) is 5.14. The first-order valence-corrected chi connectivity index (χ1v) is 7.76. The monoisotopic (exact) mass is 246 g/mol. The second-order valence-corrected chi connectivity index (χ2v) is 7.44. The Bertz CT molecular complexity index is 338. The third-order valence-electron chi connectivity index (χ3n) is 3.60. The van der Waals surface area contributed by atoms with Crippen LogP contribution in [-0.4, -0.2) is 43.1 Å². The van der Waals surface area contributed by atoms with E-state index in [0.717, 1.165) is 12.8 Å². The lowest BCUT2D eigenvalue weighted by Crippen LogP contribution is -2.43. The van der Waals surface area contributed by atoms with Crippen molar-refractivity contribution in [2.24, 2.45) is 0 Å². The molecule has 1 saturated carbocycles. The van der Waals surface area contributed by atoms with E-state index in [1.165, 1.54) is 12.8 Å². The predicted molar refractivity (Wildman–Crippen MR) is 64.8 cm³/mol. The van der Waals surface area contributed by atoms with Gasteiger partial charge in [-0.25, -0.2) is 8.42 Å². The third-order valence-corrected chi connectivity index (χ3v) is 5.98. The molecule has 0 spiro atoms. The lowest BCUT2D eigenvalue weighted by Gasteiger charge is -2.25. The Hall–Kier alpha value is -0.130. The number of hydrogen-bond donors (Lipinski definition) is 1. The minimum Gasteiger partial charge on any atom is -0.313 e. The number of nitrogens with zero attached hydrogens (tertiary/aromatic N) is 1. The van der Waals surface area contributed by atoms with Crippen molar-refractivity contribution in [3.8, 4) is 0 Å². The highest BCUT2D eigenvalue weighted by atomic mass is 32.2. The molecule has 4 nitrogen and oxygen atoms in total. The van der Waals surface area contributed by atoms with Gasteiger partial charge < -0.3 is 5.32 Å². The van der Waals surface area contributed by atoms with Crippen molar-refractivity contribution < 1.29 is 8.42 Å². The Balaban J connectivity index is 1.93. The fourth-order valence-corrected chi connectivity index (χ4v) is 4.00. The molecule has 1 aliphatic heterocycles. The molecule has 1 N–H and O–H groups in total. The highest BCUT2D eigenvalue weighted by Crippen LogP contribution is 2.24. The van der Waals surface area contributed by atoms with Crippen LogP contribution in [0.25, 0.3) is 0 Å². The summed E-state index contributed by atoms with van der Waals surface area (Å²) >= 11 is 0. The van der Waals surface area contributed by atoms with Crippen LogP contribution in [-0.2, 0) is 10.0 Å². The number of sulfonamides is 1. The predicted octanol–water partition coefficient (Wildman–Crippen LogP) is 0.941. The molecule has 1 aliphatic carbocycles. The zero-order valence-electron chi connectivity index (χ0n) is 10.1. The maximum Gasteiger partial charge on any atom is 0.218 e. The first kappa shape index (κ1) is 12.3. The minimum atomic E-state index is -3.08. The molecule has 0 aromatic heterocycles. The summed E-state index contributed by atoms with van der Waals surface area (Å²) in [6.45, 7) is 5.12. The average Bonchev–Trinajstić information content (AvgIpc) is 2.96. The summed E-state index contributed by atoms with van der Waals surface area (Å²) < 4.78 is 26.2. The van der Waals surface area contributed by atoms with E-state index in [1.807, 2.05) is 13.8 Å². The normalized spacial score (nSPS) is 29.5. The lowest BCUT2D eigenvalue weighted by molar-refractivity contribution is 0.400. The molecule has 2 aliphatic rings. The highest BCUT2D eigenvalue weighted by molar-refractivity contribution is 7.89. The van der Waals surface area contributed by atoms with Crippen molar-refractivity contribution in [1.82, 2.24) is 9.62 Å². The molecule has 2 fully saturated rings. The molecule has 0 aromatic rings. The van der Waals surface area contributed by atoms with Gasteiger partial charge in [-0.2, -0.15) is 4.31 Å². The standard InChI is InChI=1S/C11H22N2O2S/c1-9-4-3-7-13(9)16(14,15)10(2)8-12-11-5-6-11/h9-12H,3-8H2,1-2H3. The van der Waals surface area contributed by atoms with Gasteiger partial charge in [-0.1, -0.05) is 0 Å². The van der Waals surface area contributed by atoms with Crippen molar-refractivity contribution in [2.75, 3.05) is 13.1 Å². The van der Waals surface area contributed by atoms with Crippen molar-refractivity contribution in [1.29, 1.82) is 0 Å². The van der Waals surface area contributed by atoms with Crippen LogP contribution in [0.4, 0.5) is 0 Å². The van der Waals surface area contributed by atoms with E-state index < -0.39 is 10.0 Å². The van der Waals surface area contributed by atoms with Crippen molar-refractivity contribution in [3.63, 3.8) is 0 Å². The Kier molecular flexibility index (Phi) is 3.56. The van der Waals surface area contributed by atoms with Gasteiger partial charge in [0.05, 0.1) is 5.25 Å². The topological polar surface area (TPSA) is 49.4 Å². The van der Waals surface area contributed by atoms with Crippen LogP contribution in [0.3, 0.4) is 0 Å². The molecular formula is C11H22N2O2S. The summed E-state index contributed by atoms with van der Waals surface area (Å²) in [5.41, 5.74) is 0. The van der Waals surface area contributed by atoms with Crippen LogP contribution in [0.2, 0.25) is 0 Å². The van der Waals surface area contributed by atoms with E-state index >= 15 is 0 Å². The Labute approximate surface area is 98.4 Å². The number of hydrogen-bond acceptors (Lipinski definition) is 3. The van der Waals surface area contributed by atoms with E-state index in [-0.39, 0.29) is 11.3 Å². The molecule has 0 radical (unpaired) electrons. The van der Waals surface area contributed by atoms with Gasteiger partial charge in [0.25, 0.3) is 0 Å². The fourth-order valence-electron chi connectivity index (χ4n) is 2.24. The van der Waals surface area contributed by atoms with Gasteiger partial charge in [-0.3, -0.25) is 0 Å². The zero-order valence-corrected chi connectivity index (χ0v) is 11.0. The van der Waals surface area contributed by atoms with Crippen LogP contribution in [0.1, 0.15) is 39.5 Å². The molecule has 0 amide bonds. The summed E-state index contributed by atoms with van der Waals surface area (Å²) in [5, 5.41) is 3.00. The Morgan fingerprint density at radius 2 is 2.06 bits per heavy atom. The summed E-state index contributed by atoms with van der Waals surface area (Å²) in [5.74, 6) is 0. The lowest BCUT2D eigenvalue weighted by atomic mass is 10.3. The molecule has 5 heteroatoms. The molecule has 1 saturated heterocycles. The molecular weight excluding hydrogens is 224 g/mol. The first-order valence-electron chi connectivity index (χ1n) is 6.26. The van der Waals surface area contributed by atoms with Gasteiger partial charge in [0.2, 0.25) is 10.0 Å². The van der Waals surface area contributed by atoms with Gasteiger partial charge in [0.1, 0.15) is 0 Å². The second kappa shape index (κ2) is 4.63. The minimum absolute atomic E-state index is 0.188. The van der Waals surface area contributed by atoms with Gasteiger partial charge in [0, 0.05) is 25.2 Å². The van der Waals surface area contributed by atoms with Crippen LogP contribution in [0.15, 0.2) is 0 Å². The van der Waals surface area contributed by atoms with Gasteiger partial charge in [0.15, 0.2) is 0 Å². The van der Waals surface area contributed by atoms with E-state index in [1.54, 1.807) is 4.31 Å². The number of rotatable bonds is 5. The SMILES string of the molecule is CC1CCCN1S(=O)(=O)C(C)CNC1CC1. The van der Waals surface area contributed by atoms with Gasteiger partial charge in [-0.15, -0.1) is 0 Å². The molecule has 94 valence electrons. The van der Waals surface area contributed by atoms with Crippen LogP contribution in [0.5, 0.6) is 0 Å². The largest absolute Gasteiger partial charge is 0.313 e. The Morgan fingerprint density at radius 3 is 2.56 bits per heavy atom. The van der Waals surface area contributed by atoms with E-state index in [0.29, 0.717) is 19.1 Å². The molecule has 16 heavy (non-hydrogen) atoms. The van der Waals surface area contributed by atoms with E-state index in [2.05, 4.69) is 5.32 Å². The summed E-state index contributed by atoms with van der Waals surface area (Å²) in [6, 6.07) is 0.766. The van der Waals surface area contributed by atoms with Gasteiger partial charge >= 0.3 is 0 Å². The summed E-state index contributed by atoms with van der Waals surface area (Å²) in [6.07, 6.45) is 4.41. The van der Waals surface area contributed by atoms with Gasteiger partial charge in [-0.05, 0) is 39.5 Å².